The third kappa shape index (κ3) is 3.21. The number of aromatic nitrogens is 1. The van der Waals surface area contributed by atoms with Crippen molar-refractivity contribution in [2.24, 2.45) is 5.73 Å². The number of anilines is 1. The molecule has 0 saturated heterocycles. The fraction of sp³-hybridized carbons (Fsp3) is 0.400. The molecule has 0 aromatic carbocycles. The molecule has 0 bridgehead atoms. The van der Waals surface area contributed by atoms with Gasteiger partial charge in [-0.2, -0.15) is 0 Å². The molecule has 0 fully saturated rings. The molecule has 1 aromatic rings. The summed E-state index contributed by atoms with van der Waals surface area (Å²) < 4.78 is 0. The lowest BCUT2D eigenvalue weighted by atomic mass is 10.3. The van der Waals surface area contributed by atoms with Crippen LogP contribution in [0.3, 0.4) is 0 Å². The molecule has 15 heavy (non-hydrogen) atoms. The minimum atomic E-state index is -0.501. The van der Waals surface area contributed by atoms with Crippen LogP contribution >= 0.6 is 0 Å². The minimum Gasteiger partial charge on any atom is -0.373 e. The van der Waals surface area contributed by atoms with Crippen LogP contribution in [0.15, 0.2) is 18.3 Å². The van der Waals surface area contributed by atoms with Crippen molar-refractivity contribution in [3.63, 3.8) is 0 Å². The molecule has 0 aliphatic carbocycles. The van der Waals surface area contributed by atoms with E-state index in [2.05, 4.69) is 10.3 Å². The van der Waals surface area contributed by atoms with E-state index in [1.165, 1.54) is 0 Å². The van der Waals surface area contributed by atoms with E-state index in [0.29, 0.717) is 5.69 Å². The van der Waals surface area contributed by atoms with Crippen LogP contribution in [-0.2, 0) is 0 Å². The summed E-state index contributed by atoms with van der Waals surface area (Å²) in [5, 5.41) is 3.06. The van der Waals surface area contributed by atoms with E-state index >= 15 is 0 Å². The quantitative estimate of drug-likeness (QED) is 0.705. The molecule has 0 spiro atoms. The zero-order valence-corrected chi connectivity index (χ0v) is 9.03. The second-order valence-electron chi connectivity index (χ2n) is 3.29. The van der Waals surface area contributed by atoms with Crippen molar-refractivity contribution < 1.29 is 4.79 Å². The number of rotatable bonds is 5. The number of likely N-dealkylation sites (N-methyl/N-ethyl adjacent to an activating group) is 2. The fourth-order valence-corrected chi connectivity index (χ4v) is 1.20. The van der Waals surface area contributed by atoms with Gasteiger partial charge in [0.25, 0.3) is 5.91 Å². The third-order valence-corrected chi connectivity index (χ3v) is 2.13. The Hall–Kier alpha value is -1.62. The Kier molecular flexibility index (Phi) is 4.05. The summed E-state index contributed by atoms with van der Waals surface area (Å²) in [6.45, 7) is 1.74. The number of carbonyl (C=O) groups is 1. The number of nitrogens with one attached hydrogen (secondary N) is 1. The highest BCUT2D eigenvalue weighted by Crippen LogP contribution is 2.11. The highest BCUT2D eigenvalue weighted by Gasteiger charge is 2.05. The molecule has 1 amide bonds. The molecule has 0 aliphatic rings. The molecule has 82 valence electrons. The van der Waals surface area contributed by atoms with E-state index in [1.54, 1.807) is 12.3 Å². The Morgan fingerprint density at radius 2 is 2.40 bits per heavy atom. The fourth-order valence-electron chi connectivity index (χ4n) is 1.20. The maximum Gasteiger partial charge on any atom is 0.267 e. The van der Waals surface area contributed by atoms with Gasteiger partial charge in [-0.15, -0.1) is 0 Å². The van der Waals surface area contributed by atoms with Gasteiger partial charge in [-0.05, 0) is 19.2 Å². The average Bonchev–Trinajstić information content (AvgIpc) is 2.26. The van der Waals surface area contributed by atoms with Gasteiger partial charge in [0.1, 0.15) is 5.69 Å². The second-order valence-corrected chi connectivity index (χ2v) is 3.29. The number of nitrogens with two attached hydrogens (primary N) is 1. The van der Waals surface area contributed by atoms with Gasteiger partial charge in [0.2, 0.25) is 0 Å². The van der Waals surface area contributed by atoms with Gasteiger partial charge in [-0.25, -0.2) is 0 Å². The van der Waals surface area contributed by atoms with Crippen molar-refractivity contribution in [2.75, 3.05) is 32.1 Å². The van der Waals surface area contributed by atoms with E-state index in [4.69, 9.17) is 5.73 Å². The van der Waals surface area contributed by atoms with E-state index in [-0.39, 0.29) is 0 Å². The molecule has 0 unspecified atom stereocenters. The number of hydrogen-bond acceptors (Lipinski definition) is 4. The Morgan fingerprint density at radius 1 is 1.67 bits per heavy atom. The van der Waals surface area contributed by atoms with Gasteiger partial charge < -0.3 is 16.0 Å². The zero-order valence-electron chi connectivity index (χ0n) is 9.03. The lowest BCUT2D eigenvalue weighted by molar-refractivity contribution is 0.0995. The van der Waals surface area contributed by atoms with Gasteiger partial charge in [0.05, 0.1) is 0 Å². The minimum absolute atomic E-state index is 0.295. The molecular weight excluding hydrogens is 192 g/mol. The van der Waals surface area contributed by atoms with Crippen LogP contribution in [0.4, 0.5) is 5.69 Å². The number of nitrogens with zero attached hydrogens (tertiary/aromatic N) is 2. The van der Waals surface area contributed by atoms with E-state index in [1.807, 2.05) is 25.1 Å². The van der Waals surface area contributed by atoms with Crippen molar-refractivity contribution >= 4 is 11.6 Å². The van der Waals surface area contributed by atoms with Gasteiger partial charge in [-0.3, -0.25) is 9.78 Å². The SMILES string of the molecule is CNCCN(C)c1ccnc(C(N)=O)c1. The van der Waals surface area contributed by atoms with Crippen molar-refractivity contribution in [1.29, 1.82) is 0 Å². The molecule has 1 rings (SSSR count). The van der Waals surface area contributed by atoms with Crippen LogP contribution in [0.5, 0.6) is 0 Å². The van der Waals surface area contributed by atoms with Gasteiger partial charge >= 0.3 is 0 Å². The Morgan fingerprint density at radius 3 is 3.00 bits per heavy atom. The number of pyridine rings is 1. The smallest absolute Gasteiger partial charge is 0.267 e. The van der Waals surface area contributed by atoms with E-state index in [9.17, 15) is 4.79 Å². The number of amides is 1. The summed E-state index contributed by atoms with van der Waals surface area (Å²) in [7, 11) is 3.85. The third-order valence-electron chi connectivity index (χ3n) is 2.13. The summed E-state index contributed by atoms with van der Waals surface area (Å²) in [5.41, 5.74) is 6.38. The molecule has 1 heterocycles. The highest BCUT2D eigenvalue weighted by molar-refractivity contribution is 5.91. The molecule has 3 N–H and O–H groups in total. The average molecular weight is 208 g/mol. The lowest BCUT2D eigenvalue weighted by Gasteiger charge is -2.19. The Bertz CT molecular complexity index is 340. The molecule has 0 aliphatic heterocycles. The summed E-state index contributed by atoms with van der Waals surface area (Å²) >= 11 is 0. The second kappa shape index (κ2) is 5.31. The van der Waals surface area contributed by atoms with Crippen LogP contribution in [0, 0.1) is 0 Å². The predicted octanol–water partition coefficient (Wildman–Crippen LogP) is -0.164. The largest absolute Gasteiger partial charge is 0.373 e. The number of primary amides is 1. The van der Waals surface area contributed by atoms with Crippen LogP contribution < -0.4 is 16.0 Å². The molecule has 5 nitrogen and oxygen atoms in total. The van der Waals surface area contributed by atoms with Crippen LogP contribution in [0.25, 0.3) is 0 Å². The summed E-state index contributed by atoms with van der Waals surface area (Å²) in [6.07, 6.45) is 1.59. The normalized spacial score (nSPS) is 10.0. The van der Waals surface area contributed by atoms with Gasteiger partial charge in [0, 0.05) is 32.0 Å². The first-order chi connectivity index (χ1) is 7.15. The molecule has 0 atom stereocenters. The van der Waals surface area contributed by atoms with Crippen molar-refractivity contribution in [3.05, 3.63) is 24.0 Å². The van der Waals surface area contributed by atoms with E-state index in [0.717, 1.165) is 18.8 Å². The zero-order chi connectivity index (χ0) is 11.3. The van der Waals surface area contributed by atoms with Crippen molar-refractivity contribution in [3.8, 4) is 0 Å². The molecule has 5 heteroatoms. The van der Waals surface area contributed by atoms with Crippen molar-refractivity contribution in [1.82, 2.24) is 10.3 Å². The maximum atomic E-state index is 10.9. The number of hydrogen-bond donors (Lipinski definition) is 2. The first kappa shape index (κ1) is 11.5. The standard InChI is InChI=1S/C10H16N4O/c1-12-5-6-14(2)8-3-4-13-9(7-8)10(11)15/h3-4,7,12H,5-6H2,1-2H3,(H2,11,15). The molecule has 0 radical (unpaired) electrons. The molecular formula is C10H16N4O. The summed E-state index contributed by atoms with van der Waals surface area (Å²) in [4.78, 5) is 16.8. The van der Waals surface area contributed by atoms with Crippen LogP contribution in [-0.4, -0.2) is 38.1 Å². The summed E-state index contributed by atoms with van der Waals surface area (Å²) in [6, 6.07) is 3.54. The summed E-state index contributed by atoms with van der Waals surface area (Å²) in [5.74, 6) is -0.501. The first-order valence-corrected chi connectivity index (χ1v) is 4.76. The van der Waals surface area contributed by atoms with Crippen molar-refractivity contribution in [2.45, 2.75) is 0 Å². The van der Waals surface area contributed by atoms with Crippen LogP contribution in [0.2, 0.25) is 0 Å². The molecule has 1 aromatic heterocycles. The topological polar surface area (TPSA) is 71.2 Å². The monoisotopic (exact) mass is 208 g/mol. The van der Waals surface area contributed by atoms with Gasteiger partial charge in [0.15, 0.2) is 0 Å². The Balaban J connectivity index is 2.76. The number of carbonyl (C=O) groups excluding carboxylic acids is 1. The first-order valence-electron chi connectivity index (χ1n) is 4.76. The van der Waals surface area contributed by atoms with E-state index < -0.39 is 5.91 Å². The highest BCUT2D eigenvalue weighted by atomic mass is 16.1. The maximum absolute atomic E-state index is 10.9. The van der Waals surface area contributed by atoms with Gasteiger partial charge in [-0.1, -0.05) is 0 Å². The molecule has 0 saturated carbocycles. The Labute approximate surface area is 89.3 Å². The lowest BCUT2D eigenvalue weighted by Crippen LogP contribution is -2.27. The van der Waals surface area contributed by atoms with Crippen LogP contribution in [0.1, 0.15) is 10.5 Å². The predicted molar refractivity (Wildman–Crippen MR) is 60.0 cm³/mol.